The monoisotopic (exact) mass is 414 g/mol. The molecule has 176 valence electrons. The van der Waals surface area contributed by atoms with Crippen LogP contribution in [0, 0.1) is 0 Å². The van der Waals surface area contributed by atoms with Crippen LogP contribution in [-0.2, 0) is 4.79 Å². The molecular formula is C25H54N2O2. The third kappa shape index (κ3) is 32.3. The van der Waals surface area contributed by atoms with Gasteiger partial charge in [0.1, 0.15) is 0 Å². The Hall–Kier alpha value is -0.610. The minimum atomic E-state index is -1.08. The van der Waals surface area contributed by atoms with Gasteiger partial charge in [-0.05, 0) is 26.3 Å². The van der Waals surface area contributed by atoms with Gasteiger partial charge in [0.2, 0.25) is 0 Å². The summed E-state index contributed by atoms with van der Waals surface area (Å²) in [7, 11) is 4.70. The van der Waals surface area contributed by atoms with Crippen molar-refractivity contribution in [2.24, 2.45) is 5.73 Å². The number of rotatable bonds is 20. The van der Waals surface area contributed by atoms with E-state index in [-0.39, 0.29) is 0 Å². The lowest BCUT2D eigenvalue weighted by Crippen LogP contribution is -2.41. The number of hydrogen-bond donors (Lipinski definition) is 1. The predicted octanol–water partition coefficient (Wildman–Crippen LogP) is 5.43. The molecule has 0 aromatic heterocycles. The number of hydrogen-bond acceptors (Lipinski definition) is 3. The zero-order chi connectivity index (χ0) is 22.2. The van der Waals surface area contributed by atoms with Gasteiger partial charge in [-0.15, -0.1) is 0 Å². The van der Waals surface area contributed by atoms with E-state index in [0.717, 1.165) is 24.4 Å². The van der Waals surface area contributed by atoms with Crippen LogP contribution in [0.3, 0.4) is 0 Å². The van der Waals surface area contributed by atoms with Crippen LogP contribution in [-0.4, -0.2) is 44.2 Å². The smallest absolute Gasteiger partial charge is 0.0794 e. The Kier molecular flexibility index (Phi) is 25.0. The molecule has 2 N–H and O–H groups in total. The van der Waals surface area contributed by atoms with Gasteiger partial charge in [-0.3, -0.25) is 0 Å². The molecule has 0 aliphatic heterocycles. The predicted molar refractivity (Wildman–Crippen MR) is 126 cm³/mol. The molecule has 4 nitrogen and oxygen atoms in total. The SMILES string of the molecule is CC(=O)[O-].CCCCCCCCCCCCCCCCCC[N+](C)(C)CCCN. The third-order valence-electron chi connectivity index (χ3n) is 5.58. The summed E-state index contributed by atoms with van der Waals surface area (Å²) < 4.78 is 1.15. The molecule has 0 atom stereocenters. The fourth-order valence-corrected chi connectivity index (χ4v) is 3.72. The molecule has 0 aromatic carbocycles. The second kappa shape index (κ2) is 23.7. The lowest BCUT2D eigenvalue weighted by atomic mass is 10.0. The molecule has 0 heterocycles. The second-order valence-corrected chi connectivity index (χ2v) is 9.32. The topological polar surface area (TPSA) is 66.1 Å². The Bertz CT molecular complexity index is 329. The summed E-state index contributed by atoms with van der Waals surface area (Å²) in [5.74, 6) is -1.08. The summed E-state index contributed by atoms with van der Waals surface area (Å²) in [5, 5.41) is 8.89. The van der Waals surface area contributed by atoms with Crippen molar-refractivity contribution in [3.63, 3.8) is 0 Å². The molecule has 0 radical (unpaired) electrons. The van der Waals surface area contributed by atoms with Gasteiger partial charge in [0.25, 0.3) is 0 Å². The second-order valence-electron chi connectivity index (χ2n) is 9.32. The average molecular weight is 415 g/mol. The van der Waals surface area contributed by atoms with Crippen molar-refractivity contribution in [3.8, 4) is 0 Å². The van der Waals surface area contributed by atoms with Crippen molar-refractivity contribution >= 4 is 5.97 Å². The largest absolute Gasteiger partial charge is 0.550 e. The van der Waals surface area contributed by atoms with Crippen LogP contribution < -0.4 is 10.8 Å². The van der Waals surface area contributed by atoms with E-state index in [1.165, 1.54) is 116 Å². The summed E-state index contributed by atoms with van der Waals surface area (Å²) in [6.45, 7) is 6.65. The maximum absolute atomic E-state index is 8.89. The van der Waals surface area contributed by atoms with Crippen LogP contribution in [0.25, 0.3) is 0 Å². The number of carbonyl (C=O) groups is 1. The van der Waals surface area contributed by atoms with Gasteiger partial charge in [0, 0.05) is 12.4 Å². The van der Waals surface area contributed by atoms with Crippen molar-refractivity contribution in [2.75, 3.05) is 33.7 Å². The lowest BCUT2D eigenvalue weighted by molar-refractivity contribution is -0.890. The molecule has 29 heavy (non-hydrogen) atoms. The van der Waals surface area contributed by atoms with Crippen molar-refractivity contribution in [3.05, 3.63) is 0 Å². The maximum Gasteiger partial charge on any atom is 0.0794 e. The van der Waals surface area contributed by atoms with Gasteiger partial charge in [-0.1, -0.05) is 96.8 Å². The summed E-state index contributed by atoms with van der Waals surface area (Å²) in [6, 6.07) is 0. The third-order valence-corrected chi connectivity index (χ3v) is 5.58. The van der Waals surface area contributed by atoms with Gasteiger partial charge in [-0.25, -0.2) is 0 Å². The molecule has 0 saturated carbocycles. The number of carboxylic acid groups (broad SMARTS) is 1. The zero-order valence-electron chi connectivity index (χ0n) is 20.5. The van der Waals surface area contributed by atoms with E-state index in [4.69, 9.17) is 15.6 Å². The highest BCUT2D eigenvalue weighted by atomic mass is 16.4. The lowest BCUT2D eigenvalue weighted by Gasteiger charge is -2.29. The molecule has 0 unspecified atom stereocenters. The first kappa shape index (κ1) is 30.6. The number of nitrogens with zero attached hydrogens (tertiary/aromatic N) is 1. The van der Waals surface area contributed by atoms with E-state index in [2.05, 4.69) is 21.0 Å². The van der Waals surface area contributed by atoms with E-state index in [1.807, 2.05) is 0 Å². The Morgan fingerprint density at radius 2 is 0.931 bits per heavy atom. The van der Waals surface area contributed by atoms with Crippen molar-refractivity contribution in [1.29, 1.82) is 0 Å². The number of carboxylic acids is 1. The zero-order valence-corrected chi connectivity index (χ0v) is 20.5. The molecule has 0 aromatic rings. The fraction of sp³-hybridized carbons (Fsp3) is 0.960. The Labute approximate surface area is 183 Å². The summed E-state index contributed by atoms with van der Waals surface area (Å²) in [4.78, 5) is 8.89. The van der Waals surface area contributed by atoms with Gasteiger partial charge in [0.15, 0.2) is 0 Å². The number of nitrogens with two attached hydrogens (primary N) is 1. The standard InChI is InChI=1S/C23H51N2.C2H4O2/c1-4-5-6-7-8-9-10-11-12-13-14-15-16-17-18-19-22-25(2,3)23-20-21-24;1-2(3)4/h4-24H2,1-3H3;1H3,(H,3,4)/q+1;/p-1. The van der Waals surface area contributed by atoms with Crippen LogP contribution in [0.4, 0.5) is 0 Å². The highest BCUT2D eigenvalue weighted by Gasteiger charge is 2.12. The average Bonchev–Trinajstić information content (AvgIpc) is 2.65. The highest BCUT2D eigenvalue weighted by molar-refractivity contribution is 5.60. The number of unbranched alkanes of at least 4 members (excludes halogenated alkanes) is 15. The molecule has 0 saturated heterocycles. The highest BCUT2D eigenvalue weighted by Crippen LogP contribution is 2.14. The summed E-state index contributed by atoms with van der Waals surface area (Å²) >= 11 is 0. The Balaban J connectivity index is 0. The van der Waals surface area contributed by atoms with Gasteiger partial charge in [0.05, 0.1) is 27.2 Å². The van der Waals surface area contributed by atoms with Crippen molar-refractivity contribution in [2.45, 2.75) is 123 Å². The minimum absolute atomic E-state index is 0.834. The van der Waals surface area contributed by atoms with Crippen LogP contribution in [0.2, 0.25) is 0 Å². The molecule has 0 bridgehead atoms. The van der Waals surface area contributed by atoms with Crippen LogP contribution in [0.15, 0.2) is 0 Å². The first-order valence-electron chi connectivity index (χ1n) is 12.6. The van der Waals surface area contributed by atoms with Crippen molar-refractivity contribution in [1.82, 2.24) is 0 Å². The molecule has 0 aliphatic carbocycles. The van der Waals surface area contributed by atoms with E-state index in [0.29, 0.717) is 0 Å². The minimum Gasteiger partial charge on any atom is -0.550 e. The molecule has 4 heteroatoms. The first-order valence-corrected chi connectivity index (χ1v) is 12.6. The maximum atomic E-state index is 8.89. The van der Waals surface area contributed by atoms with E-state index in [9.17, 15) is 0 Å². The van der Waals surface area contributed by atoms with Crippen molar-refractivity contribution < 1.29 is 14.4 Å². The quantitative estimate of drug-likeness (QED) is 0.213. The van der Waals surface area contributed by atoms with Gasteiger partial charge in [-0.2, -0.15) is 0 Å². The molecule has 0 spiro atoms. The molecular weight excluding hydrogens is 360 g/mol. The first-order chi connectivity index (χ1) is 13.9. The number of carbonyl (C=O) groups excluding carboxylic acids is 1. The summed E-state index contributed by atoms with van der Waals surface area (Å²) in [5.41, 5.74) is 5.62. The molecule has 0 fully saturated rings. The molecule has 0 aliphatic rings. The Morgan fingerprint density at radius 1 is 0.655 bits per heavy atom. The van der Waals surface area contributed by atoms with Crippen LogP contribution in [0.1, 0.15) is 123 Å². The Morgan fingerprint density at radius 3 is 1.24 bits per heavy atom. The molecule has 0 amide bonds. The van der Waals surface area contributed by atoms with Crippen LogP contribution >= 0.6 is 0 Å². The van der Waals surface area contributed by atoms with Gasteiger partial charge < -0.3 is 20.1 Å². The van der Waals surface area contributed by atoms with E-state index in [1.54, 1.807) is 0 Å². The van der Waals surface area contributed by atoms with Crippen LogP contribution in [0.5, 0.6) is 0 Å². The summed E-state index contributed by atoms with van der Waals surface area (Å²) in [6.07, 6.45) is 24.4. The van der Waals surface area contributed by atoms with E-state index >= 15 is 0 Å². The number of quaternary nitrogens is 1. The fourth-order valence-electron chi connectivity index (χ4n) is 3.72. The van der Waals surface area contributed by atoms with E-state index < -0.39 is 5.97 Å². The molecule has 0 rings (SSSR count). The van der Waals surface area contributed by atoms with Gasteiger partial charge >= 0.3 is 0 Å². The number of aliphatic carboxylic acids is 1. The normalized spacial score (nSPS) is 11.2.